The summed E-state index contributed by atoms with van der Waals surface area (Å²) in [6, 6.07) is -0.0416. The van der Waals surface area contributed by atoms with Gasteiger partial charge in [0, 0.05) is 19.2 Å². The summed E-state index contributed by atoms with van der Waals surface area (Å²) in [6.07, 6.45) is 0.533. The fourth-order valence-electron chi connectivity index (χ4n) is 1.66. The van der Waals surface area contributed by atoms with Gasteiger partial charge in [-0.15, -0.1) is 0 Å². The molecule has 1 aromatic rings. The Balaban J connectivity index is 3.06. The molecule has 96 valence electrons. The predicted molar refractivity (Wildman–Crippen MR) is 64.1 cm³/mol. The highest BCUT2D eigenvalue weighted by Gasteiger charge is 2.25. The molecule has 2 N–H and O–H groups in total. The number of aromatic nitrogens is 2. The standard InChI is InChI=1S/C10H18N4O3/c1-4-13-10(11-7(2)5-6-15)9(14(16)17)8(3)12-13/h7,11,15H,4-6H2,1-3H3. The SMILES string of the molecule is CCn1nc(C)c([N+](=O)[O-])c1NC(C)CCO. The predicted octanol–water partition coefficient (Wildman–Crippen LogP) is 1.30. The van der Waals surface area contributed by atoms with Crippen LogP contribution in [0.4, 0.5) is 11.5 Å². The van der Waals surface area contributed by atoms with Crippen molar-refractivity contribution in [1.82, 2.24) is 9.78 Å². The molecule has 1 rings (SSSR count). The van der Waals surface area contributed by atoms with Crippen molar-refractivity contribution in [3.05, 3.63) is 15.8 Å². The first-order chi connectivity index (χ1) is 8.01. The van der Waals surface area contributed by atoms with Gasteiger partial charge in [-0.1, -0.05) is 0 Å². The normalized spacial score (nSPS) is 12.5. The first kappa shape index (κ1) is 13.4. The summed E-state index contributed by atoms with van der Waals surface area (Å²) in [6.45, 7) is 5.95. The maximum absolute atomic E-state index is 11.0. The average molecular weight is 242 g/mol. The van der Waals surface area contributed by atoms with Crippen molar-refractivity contribution in [2.45, 2.75) is 39.8 Å². The van der Waals surface area contributed by atoms with Gasteiger partial charge >= 0.3 is 5.69 Å². The summed E-state index contributed by atoms with van der Waals surface area (Å²) in [4.78, 5) is 10.5. The molecule has 0 spiro atoms. The van der Waals surface area contributed by atoms with E-state index in [9.17, 15) is 10.1 Å². The van der Waals surface area contributed by atoms with Gasteiger partial charge in [0.05, 0.1) is 4.92 Å². The van der Waals surface area contributed by atoms with Crippen LogP contribution in [-0.2, 0) is 6.54 Å². The molecule has 0 aliphatic rings. The van der Waals surface area contributed by atoms with Gasteiger partial charge in [-0.05, 0) is 27.2 Å². The van der Waals surface area contributed by atoms with Crippen molar-refractivity contribution in [2.75, 3.05) is 11.9 Å². The number of aliphatic hydroxyl groups excluding tert-OH is 1. The van der Waals surface area contributed by atoms with Crippen LogP contribution in [0.15, 0.2) is 0 Å². The van der Waals surface area contributed by atoms with Crippen LogP contribution < -0.4 is 5.32 Å². The Morgan fingerprint density at radius 1 is 1.65 bits per heavy atom. The van der Waals surface area contributed by atoms with Gasteiger partial charge in [-0.25, -0.2) is 4.68 Å². The number of nitrogens with zero attached hydrogens (tertiary/aromatic N) is 3. The van der Waals surface area contributed by atoms with Crippen LogP contribution in [0.1, 0.15) is 26.0 Å². The van der Waals surface area contributed by atoms with E-state index in [4.69, 9.17) is 5.11 Å². The van der Waals surface area contributed by atoms with Crippen molar-refractivity contribution in [3.8, 4) is 0 Å². The largest absolute Gasteiger partial charge is 0.396 e. The van der Waals surface area contributed by atoms with E-state index in [-0.39, 0.29) is 18.3 Å². The average Bonchev–Trinajstić information content (AvgIpc) is 2.55. The lowest BCUT2D eigenvalue weighted by Gasteiger charge is -2.13. The van der Waals surface area contributed by atoms with Crippen LogP contribution >= 0.6 is 0 Å². The third-order valence-electron chi connectivity index (χ3n) is 2.52. The quantitative estimate of drug-likeness (QED) is 0.579. The molecular weight excluding hydrogens is 224 g/mol. The molecule has 1 aromatic heterocycles. The second kappa shape index (κ2) is 5.62. The maximum Gasteiger partial charge on any atom is 0.333 e. The minimum Gasteiger partial charge on any atom is -0.396 e. The van der Waals surface area contributed by atoms with Crippen molar-refractivity contribution in [3.63, 3.8) is 0 Å². The van der Waals surface area contributed by atoms with E-state index in [0.29, 0.717) is 24.5 Å². The Kier molecular flexibility index (Phi) is 4.45. The number of anilines is 1. The van der Waals surface area contributed by atoms with Gasteiger partial charge in [0.2, 0.25) is 5.82 Å². The first-order valence-electron chi connectivity index (χ1n) is 5.60. The van der Waals surface area contributed by atoms with E-state index in [1.807, 2.05) is 13.8 Å². The van der Waals surface area contributed by atoms with E-state index >= 15 is 0 Å². The Morgan fingerprint density at radius 2 is 2.29 bits per heavy atom. The van der Waals surface area contributed by atoms with E-state index in [1.54, 1.807) is 11.6 Å². The van der Waals surface area contributed by atoms with Gasteiger partial charge in [0.15, 0.2) is 0 Å². The molecular formula is C10H18N4O3. The van der Waals surface area contributed by atoms with Crippen molar-refractivity contribution in [1.29, 1.82) is 0 Å². The van der Waals surface area contributed by atoms with Crippen LogP contribution in [0.5, 0.6) is 0 Å². The highest BCUT2D eigenvalue weighted by Crippen LogP contribution is 2.28. The van der Waals surface area contributed by atoms with Gasteiger partial charge in [-0.3, -0.25) is 10.1 Å². The highest BCUT2D eigenvalue weighted by molar-refractivity contribution is 5.59. The Bertz CT molecular complexity index is 403. The van der Waals surface area contributed by atoms with Crippen LogP contribution in [0, 0.1) is 17.0 Å². The number of nitrogens with one attached hydrogen (secondary N) is 1. The number of nitro groups is 1. The van der Waals surface area contributed by atoms with Gasteiger partial charge in [-0.2, -0.15) is 5.10 Å². The molecule has 0 saturated carbocycles. The lowest BCUT2D eigenvalue weighted by molar-refractivity contribution is -0.384. The van der Waals surface area contributed by atoms with Gasteiger partial charge < -0.3 is 10.4 Å². The zero-order valence-electron chi connectivity index (χ0n) is 10.3. The zero-order chi connectivity index (χ0) is 13.0. The second-order valence-electron chi connectivity index (χ2n) is 3.91. The van der Waals surface area contributed by atoms with Crippen molar-refractivity contribution in [2.24, 2.45) is 0 Å². The molecule has 0 aliphatic heterocycles. The van der Waals surface area contributed by atoms with E-state index in [1.165, 1.54) is 0 Å². The molecule has 7 nitrogen and oxygen atoms in total. The summed E-state index contributed by atoms with van der Waals surface area (Å²) in [5, 5.41) is 26.9. The summed E-state index contributed by atoms with van der Waals surface area (Å²) in [5.74, 6) is 0.413. The van der Waals surface area contributed by atoms with Gasteiger partial charge in [0.1, 0.15) is 5.69 Å². The van der Waals surface area contributed by atoms with E-state index in [2.05, 4.69) is 10.4 Å². The topological polar surface area (TPSA) is 93.2 Å². The van der Waals surface area contributed by atoms with Gasteiger partial charge in [0.25, 0.3) is 0 Å². The summed E-state index contributed by atoms with van der Waals surface area (Å²) < 4.78 is 1.57. The molecule has 0 bridgehead atoms. The minimum atomic E-state index is -0.428. The number of aryl methyl sites for hydroxylation is 2. The fourth-order valence-corrected chi connectivity index (χ4v) is 1.66. The monoisotopic (exact) mass is 242 g/mol. The third kappa shape index (κ3) is 2.94. The summed E-state index contributed by atoms with van der Waals surface area (Å²) in [5.41, 5.74) is 0.409. The summed E-state index contributed by atoms with van der Waals surface area (Å²) >= 11 is 0. The Hall–Kier alpha value is -1.63. The van der Waals surface area contributed by atoms with Crippen LogP contribution in [-0.4, -0.2) is 32.5 Å². The zero-order valence-corrected chi connectivity index (χ0v) is 10.3. The molecule has 1 unspecified atom stereocenters. The van der Waals surface area contributed by atoms with Crippen LogP contribution in [0.2, 0.25) is 0 Å². The molecule has 17 heavy (non-hydrogen) atoms. The molecule has 0 aromatic carbocycles. The van der Waals surface area contributed by atoms with E-state index < -0.39 is 4.92 Å². The fraction of sp³-hybridized carbons (Fsp3) is 0.700. The van der Waals surface area contributed by atoms with Crippen molar-refractivity contribution < 1.29 is 10.0 Å². The lowest BCUT2D eigenvalue weighted by atomic mass is 10.2. The van der Waals surface area contributed by atoms with Crippen molar-refractivity contribution >= 4 is 11.5 Å². The second-order valence-corrected chi connectivity index (χ2v) is 3.91. The lowest BCUT2D eigenvalue weighted by Crippen LogP contribution is -2.19. The number of aliphatic hydroxyl groups is 1. The molecule has 0 radical (unpaired) electrons. The highest BCUT2D eigenvalue weighted by atomic mass is 16.6. The van der Waals surface area contributed by atoms with E-state index in [0.717, 1.165) is 0 Å². The smallest absolute Gasteiger partial charge is 0.333 e. The third-order valence-corrected chi connectivity index (χ3v) is 2.52. The number of hydrogen-bond donors (Lipinski definition) is 2. The minimum absolute atomic E-state index is 0.0108. The molecule has 1 heterocycles. The molecule has 0 fully saturated rings. The Labute approximate surface area is 99.6 Å². The van der Waals surface area contributed by atoms with Crippen LogP contribution in [0.3, 0.4) is 0 Å². The molecule has 0 aliphatic carbocycles. The Morgan fingerprint density at radius 3 is 2.76 bits per heavy atom. The number of hydrogen-bond acceptors (Lipinski definition) is 5. The summed E-state index contributed by atoms with van der Waals surface area (Å²) in [7, 11) is 0. The molecule has 0 amide bonds. The molecule has 1 atom stereocenters. The molecule has 0 saturated heterocycles. The number of rotatable bonds is 6. The molecule has 7 heteroatoms. The van der Waals surface area contributed by atoms with Crippen LogP contribution in [0.25, 0.3) is 0 Å². The maximum atomic E-state index is 11.0. The first-order valence-corrected chi connectivity index (χ1v) is 5.60.